The molecule has 0 unspecified atom stereocenters. The van der Waals surface area contributed by atoms with Gasteiger partial charge in [-0.05, 0) is 52.7 Å². The molecule has 1 N–H and O–H groups in total. The Bertz CT molecular complexity index is 473. The van der Waals surface area contributed by atoms with Crippen LogP contribution in [0.25, 0.3) is 0 Å². The smallest absolute Gasteiger partial charge is 0.220 e. The minimum atomic E-state index is 0.129. The fourth-order valence-electron chi connectivity index (χ4n) is 1.55. The Hall–Kier alpha value is -1.13. The monoisotopic (exact) mass is 265 g/mol. The number of nitrogens with one attached hydrogen (secondary N) is 1. The maximum absolute atomic E-state index is 11.6. The Balaban J connectivity index is 1.73. The number of carbonyl (C=O) groups excluding carboxylic acids is 1. The van der Waals surface area contributed by atoms with E-state index >= 15 is 0 Å². The third-order valence-corrected chi connectivity index (χ3v) is 4.39. The number of thiophene rings is 2. The van der Waals surface area contributed by atoms with Crippen molar-refractivity contribution in [1.29, 1.82) is 0 Å². The molecule has 0 atom stereocenters. The first kappa shape index (κ1) is 12.3. The molecule has 0 fully saturated rings. The molecule has 0 aromatic carbocycles. The minimum Gasteiger partial charge on any atom is -0.351 e. The van der Waals surface area contributed by atoms with E-state index in [4.69, 9.17) is 0 Å². The zero-order chi connectivity index (χ0) is 12.1. The van der Waals surface area contributed by atoms with E-state index in [9.17, 15) is 4.79 Å². The summed E-state index contributed by atoms with van der Waals surface area (Å²) >= 11 is 3.37. The highest BCUT2D eigenvalue weighted by molar-refractivity contribution is 7.10. The first-order valence-electron chi connectivity index (χ1n) is 5.56. The van der Waals surface area contributed by atoms with Gasteiger partial charge in [-0.15, -0.1) is 11.3 Å². The molecule has 2 aromatic rings. The molecule has 0 aliphatic carbocycles. The van der Waals surface area contributed by atoms with Crippen LogP contribution in [0.2, 0.25) is 0 Å². The van der Waals surface area contributed by atoms with Gasteiger partial charge in [0.1, 0.15) is 0 Å². The number of amides is 1. The summed E-state index contributed by atoms with van der Waals surface area (Å²) in [7, 11) is 0. The molecule has 2 heterocycles. The lowest BCUT2D eigenvalue weighted by molar-refractivity contribution is -0.121. The van der Waals surface area contributed by atoms with E-state index in [1.807, 2.05) is 5.38 Å². The van der Waals surface area contributed by atoms with Gasteiger partial charge in [-0.3, -0.25) is 4.79 Å². The van der Waals surface area contributed by atoms with Crippen molar-refractivity contribution in [3.05, 3.63) is 44.3 Å². The average Bonchev–Trinajstić information content (AvgIpc) is 2.95. The minimum absolute atomic E-state index is 0.129. The van der Waals surface area contributed by atoms with Crippen LogP contribution in [-0.2, 0) is 17.8 Å². The predicted molar refractivity (Wildman–Crippen MR) is 73.5 cm³/mol. The lowest BCUT2D eigenvalue weighted by Crippen LogP contribution is -2.22. The largest absolute Gasteiger partial charge is 0.351 e. The van der Waals surface area contributed by atoms with Crippen molar-refractivity contribution >= 4 is 28.6 Å². The van der Waals surface area contributed by atoms with Crippen molar-refractivity contribution in [2.75, 3.05) is 0 Å². The lowest BCUT2D eigenvalue weighted by Gasteiger charge is -2.04. The molecule has 0 spiro atoms. The second-order valence-corrected chi connectivity index (χ2v) is 5.72. The van der Waals surface area contributed by atoms with Gasteiger partial charge in [0.15, 0.2) is 0 Å². The summed E-state index contributed by atoms with van der Waals surface area (Å²) in [6.45, 7) is 2.73. The van der Waals surface area contributed by atoms with Gasteiger partial charge in [-0.2, -0.15) is 11.3 Å². The van der Waals surface area contributed by atoms with E-state index in [1.165, 1.54) is 16.0 Å². The molecule has 1 amide bonds. The summed E-state index contributed by atoms with van der Waals surface area (Å²) in [5.74, 6) is 0.129. The molecule has 2 aromatic heterocycles. The summed E-state index contributed by atoms with van der Waals surface area (Å²) in [6, 6.07) is 4.15. The normalized spacial score (nSPS) is 10.4. The van der Waals surface area contributed by atoms with Gasteiger partial charge in [-0.25, -0.2) is 0 Å². The van der Waals surface area contributed by atoms with Gasteiger partial charge in [-0.1, -0.05) is 0 Å². The highest BCUT2D eigenvalue weighted by Gasteiger charge is 2.04. The third kappa shape index (κ3) is 3.68. The molecule has 90 valence electrons. The number of hydrogen-bond donors (Lipinski definition) is 1. The Morgan fingerprint density at radius 3 is 2.88 bits per heavy atom. The van der Waals surface area contributed by atoms with E-state index in [2.05, 4.69) is 35.1 Å². The first-order valence-corrected chi connectivity index (χ1v) is 7.38. The molecule has 2 rings (SSSR count). The van der Waals surface area contributed by atoms with Gasteiger partial charge in [0.2, 0.25) is 5.91 Å². The molecular formula is C13H15NOS2. The molecule has 17 heavy (non-hydrogen) atoms. The zero-order valence-corrected chi connectivity index (χ0v) is 11.4. The van der Waals surface area contributed by atoms with E-state index in [1.54, 1.807) is 22.7 Å². The fourth-order valence-corrected chi connectivity index (χ4v) is 3.09. The SMILES string of the molecule is Cc1ccsc1CNC(=O)CCc1ccsc1. The van der Waals surface area contributed by atoms with Crippen LogP contribution in [0.15, 0.2) is 28.3 Å². The standard InChI is InChI=1S/C13H15NOS2/c1-10-4-7-17-12(10)8-14-13(15)3-2-11-5-6-16-9-11/h4-7,9H,2-3,8H2,1H3,(H,14,15). The molecular weight excluding hydrogens is 250 g/mol. The predicted octanol–water partition coefficient (Wildman–Crippen LogP) is 3.37. The van der Waals surface area contributed by atoms with Crippen LogP contribution in [0.5, 0.6) is 0 Å². The van der Waals surface area contributed by atoms with E-state index in [0.717, 1.165) is 6.42 Å². The summed E-state index contributed by atoms with van der Waals surface area (Å²) < 4.78 is 0. The van der Waals surface area contributed by atoms with Crippen molar-refractivity contribution in [1.82, 2.24) is 5.32 Å². The van der Waals surface area contributed by atoms with Crippen LogP contribution in [0, 0.1) is 6.92 Å². The Kier molecular flexibility index (Phi) is 4.34. The summed E-state index contributed by atoms with van der Waals surface area (Å²) in [4.78, 5) is 12.9. The topological polar surface area (TPSA) is 29.1 Å². The quantitative estimate of drug-likeness (QED) is 0.882. The summed E-state index contributed by atoms with van der Waals surface area (Å²) in [6.07, 6.45) is 1.40. The van der Waals surface area contributed by atoms with E-state index < -0.39 is 0 Å². The lowest BCUT2D eigenvalue weighted by atomic mass is 10.2. The van der Waals surface area contributed by atoms with Crippen molar-refractivity contribution < 1.29 is 4.79 Å². The van der Waals surface area contributed by atoms with Crippen molar-refractivity contribution in [3.8, 4) is 0 Å². The second-order valence-electron chi connectivity index (χ2n) is 3.94. The van der Waals surface area contributed by atoms with Gasteiger partial charge in [0, 0.05) is 11.3 Å². The Morgan fingerprint density at radius 2 is 2.24 bits per heavy atom. The molecule has 0 saturated heterocycles. The number of hydrogen-bond acceptors (Lipinski definition) is 3. The zero-order valence-electron chi connectivity index (χ0n) is 9.73. The molecule has 4 heteroatoms. The maximum Gasteiger partial charge on any atom is 0.220 e. The summed E-state index contributed by atoms with van der Waals surface area (Å²) in [5, 5.41) is 9.16. The first-order chi connectivity index (χ1) is 8.25. The number of carbonyl (C=O) groups is 1. The highest BCUT2D eigenvalue weighted by Crippen LogP contribution is 2.15. The van der Waals surface area contributed by atoms with Gasteiger partial charge in [0.05, 0.1) is 6.54 Å². The number of rotatable bonds is 5. The molecule has 0 aliphatic rings. The van der Waals surface area contributed by atoms with Crippen molar-refractivity contribution in [3.63, 3.8) is 0 Å². The fraction of sp³-hybridized carbons (Fsp3) is 0.308. The van der Waals surface area contributed by atoms with Crippen molar-refractivity contribution in [2.24, 2.45) is 0 Å². The number of aryl methyl sites for hydroxylation is 2. The highest BCUT2D eigenvalue weighted by atomic mass is 32.1. The molecule has 0 aliphatic heterocycles. The molecule has 0 radical (unpaired) electrons. The van der Waals surface area contributed by atoms with E-state index in [-0.39, 0.29) is 5.91 Å². The van der Waals surface area contributed by atoms with Crippen LogP contribution < -0.4 is 5.32 Å². The Labute approximate surface area is 109 Å². The van der Waals surface area contributed by atoms with E-state index in [0.29, 0.717) is 13.0 Å². The molecule has 2 nitrogen and oxygen atoms in total. The maximum atomic E-state index is 11.6. The van der Waals surface area contributed by atoms with Crippen LogP contribution >= 0.6 is 22.7 Å². The van der Waals surface area contributed by atoms with Gasteiger partial charge < -0.3 is 5.32 Å². The van der Waals surface area contributed by atoms with Crippen LogP contribution in [-0.4, -0.2) is 5.91 Å². The molecule has 0 saturated carbocycles. The third-order valence-electron chi connectivity index (χ3n) is 2.64. The average molecular weight is 265 g/mol. The van der Waals surface area contributed by atoms with Gasteiger partial charge >= 0.3 is 0 Å². The van der Waals surface area contributed by atoms with Crippen LogP contribution in [0.4, 0.5) is 0 Å². The van der Waals surface area contributed by atoms with Gasteiger partial charge in [0.25, 0.3) is 0 Å². The van der Waals surface area contributed by atoms with Crippen LogP contribution in [0.3, 0.4) is 0 Å². The summed E-state index contributed by atoms with van der Waals surface area (Å²) in [5.41, 5.74) is 2.51. The van der Waals surface area contributed by atoms with Crippen LogP contribution in [0.1, 0.15) is 22.4 Å². The Morgan fingerprint density at radius 1 is 1.35 bits per heavy atom. The molecule has 0 bridgehead atoms. The van der Waals surface area contributed by atoms with Crippen molar-refractivity contribution in [2.45, 2.75) is 26.3 Å². The second kappa shape index (κ2) is 5.98.